The number of aryl methyl sites for hydroxylation is 1. The monoisotopic (exact) mass is 306 g/mol. The molecule has 0 aliphatic carbocycles. The molecule has 0 fully saturated rings. The second kappa shape index (κ2) is 6.58. The fraction of sp³-hybridized carbons (Fsp3) is 0.333. The van der Waals surface area contributed by atoms with Gasteiger partial charge < -0.3 is 14.4 Å². The molecule has 6 heteroatoms. The van der Waals surface area contributed by atoms with E-state index in [0.717, 1.165) is 21.3 Å². The van der Waals surface area contributed by atoms with Crippen molar-refractivity contribution in [3.05, 3.63) is 40.4 Å². The number of esters is 1. The Hall–Kier alpha value is -2.08. The lowest BCUT2D eigenvalue weighted by Crippen LogP contribution is -2.16. The first-order valence-electron chi connectivity index (χ1n) is 6.45. The van der Waals surface area contributed by atoms with E-state index in [1.54, 1.807) is 7.11 Å². The molecule has 0 spiro atoms. The van der Waals surface area contributed by atoms with E-state index in [2.05, 4.69) is 4.98 Å². The molecule has 2 aromatic rings. The number of rotatable bonds is 5. The zero-order valence-corrected chi connectivity index (χ0v) is 13.4. The van der Waals surface area contributed by atoms with Crippen LogP contribution in [0.25, 0.3) is 0 Å². The number of methoxy groups -OCH3 is 2. The minimum Gasteiger partial charge on any atom is -0.497 e. The van der Waals surface area contributed by atoms with Crippen LogP contribution in [0.5, 0.6) is 5.75 Å². The molecule has 5 nitrogen and oxygen atoms in total. The van der Waals surface area contributed by atoms with Crippen LogP contribution in [-0.4, -0.2) is 32.2 Å². The van der Waals surface area contributed by atoms with Crippen LogP contribution in [0.3, 0.4) is 0 Å². The van der Waals surface area contributed by atoms with Gasteiger partial charge in [-0.25, -0.2) is 9.78 Å². The lowest BCUT2D eigenvalue weighted by molar-refractivity contribution is 0.0594. The van der Waals surface area contributed by atoms with E-state index < -0.39 is 5.97 Å². The molecule has 1 aromatic heterocycles. The van der Waals surface area contributed by atoms with Gasteiger partial charge in [-0.05, 0) is 24.6 Å². The zero-order chi connectivity index (χ0) is 15.4. The normalized spacial score (nSPS) is 10.3. The van der Waals surface area contributed by atoms with Crippen molar-refractivity contribution in [1.29, 1.82) is 0 Å². The van der Waals surface area contributed by atoms with Gasteiger partial charge in [0.15, 0.2) is 10.8 Å². The molecule has 1 aromatic carbocycles. The number of ether oxygens (including phenoxy) is 2. The van der Waals surface area contributed by atoms with Crippen molar-refractivity contribution >= 4 is 22.4 Å². The van der Waals surface area contributed by atoms with Crippen LogP contribution in [0.2, 0.25) is 0 Å². The van der Waals surface area contributed by atoms with Gasteiger partial charge in [-0.2, -0.15) is 0 Å². The average Bonchev–Trinajstić information content (AvgIpc) is 2.89. The fourth-order valence-corrected chi connectivity index (χ4v) is 2.76. The summed E-state index contributed by atoms with van der Waals surface area (Å²) >= 11 is 1.48. The molecule has 0 bridgehead atoms. The maximum Gasteiger partial charge on any atom is 0.357 e. The summed E-state index contributed by atoms with van der Waals surface area (Å²) in [6.45, 7) is 2.58. The van der Waals surface area contributed by atoms with Crippen molar-refractivity contribution in [1.82, 2.24) is 4.98 Å². The highest BCUT2D eigenvalue weighted by Gasteiger charge is 2.17. The first-order valence-corrected chi connectivity index (χ1v) is 7.26. The lowest BCUT2D eigenvalue weighted by Gasteiger charge is -2.15. The van der Waals surface area contributed by atoms with Gasteiger partial charge in [0.2, 0.25) is 0 Å². The summed E-state index contributed by atoms with van der Waals surface area (Å²) in [6.07, 6.45) is 0. The molecule has 1 heterocycles. The summed E-state index contributed by atoms with van der Waals surface area (Å²) in [4.78, 5) is 18.8. The van der Waals surface area contributed by atoms with Gasteiger partial charge in [-0.15, -0.1) is 11.3 Å². The number of thiazole rings is 1. The maximum absolute atomic E-state index is 11.6. The van der Waals surface area contributed by atoms with Crippen LogP contribution in [0.15, 0.2) is 24.3 Å². The van der Waals surface area contributed by atoms with E-state index in [4.69, 9.17) is 9.47 Å². The largest absolute Gasteiger partial charge is 0.497 e. The zero-order valence-electron chi connectivity index (χ0n) is 12.5. The van der Waals surface area contributed by atoms with E-state index >= 15 is 0 Å². The Bertz CT molecular complexity index is 622. The summed E-state index contributed by atoms with van der Waals surface area (Å²) in [5.41, 5.74) is 1.53. The summed E-state index contributed by atoms with van der Waals surface area (Å²) < 4.78 is 9.87. The quantitative estimate of drug-likeness (QED) is 0.795. The molecular weight excluding hydrogens is 288 g/mol. The Balaban J connectivity index is 2.12. The van der Waals surface area contributed by atoms with Crippen LogP contribution in [0.1, 0.15) is 20.9 Å². The molecule has 0 saturated heterocycles. The summed E-state index contributed by atoms with van der Waals surface area (Å²) in [7, 11) is 4.96. The number of benzene rings is 1. The van der Waals surface area contributed by atoms with Gasteiger partial charge in [-0.3, -0.25) is 0 Å². The predicted octanol–water partition coefficient (Wildman–Crippen LogP) is 2.88. The highest BCUT2D eigenvalue weighted by Crippen LogP contribution is 2.26. The van der Waals surface area contributed by atoms with E-state index in [-0.39, 0.29) is 0 Å². The van der Waals surface area contributed by atoms with Crippen molar-refractivity contribution in [2.75, 3.05) is 26.2 Å². The summed E-state index contributed by atoms with van der Waals surface area (Å²) in [6, 6.07) is 7.88. The standard InChI is InChI=1S/C15H18N2O3S/c1-10-13(14(18)20-4)16-15(21-10)17(2)9-11-5-7-12(19-3)8-6-11/h5-8H,9H2,1-4H3. The molecule has 0 N–H and O–H groups in total. The molecule has 0 aliphatic heterocycles. The molecule has 0 unspecified atom stereocenters. The molecule has 0 atom stereocenters. The van der Waals surface area contributed by atoms with Gasteiger partial charge in [-0.1, -0.05) is 12.1 Å². The van der Waals surface area contributed by atoms with Gasteiger partial charge >= 0.3 is 5.97 Å². The first kappa shape index (κ1) is 15.3. The third kappa shape index (κ3) is 3.52. The maximum atomic E-state index is 11.6. The molecule has 0 saturated carbocycles. The van der Waals surface area contributed by atoms with Gasteiger partial charge in [0.05, 0.1) is 14.2 Å². The summed E-state index contributed by atoms with van der Waals surface area (Å²) in [5.74, 6) is 0.437. The third-order valence-corrected chi connectivity index (χ3v) is 4.15. The van der Waals surface area contributed by atoms with Gasteiger partial charge in [0.25, 0.3) is 0 Å². The molecule has 2 rings (SSSR count). The Morgan fingerprint density at radius 3 is 2.52 bits per heavy atom. The number of nitrogens with zero attached hydrogens (tertiary/aromatic N) is 2. The molecule has 21 heavy (non-hydrogen) atoms. The molecule has 0 radical (unpaired) electrons. The predicted molar refractivity (Wildman–Crippen MR) is 83.3 cm³/mol. The van der Waals surface area contributed by atoms with E-state index in [1.807, 2.05) is 43.1 Å². The molecule has 0 amide bonds. The van der Waals surface area contributed by atoms with E-state index in [0.29, 0.717) is 12.2 Å². The van der Waals surface area contributed by atoms with Crippen molar-refractivity contribution in [2.24, 2.45) is 0 Å². The Labute approximate surface area is 128 Å². The van der Waals surface area contributed by atoms with Crippen molar-refractivity contribution < 1.29 is 14.3 Å². The second-order valence-electron chi connectivity index (χ2n) is 4.60. The van der Waals surface area contributed by atoms with Crippen LogP contribution in [-0.2, 0) is 11.3 Å². The number of anilines is 1. The average molecular weight is 306 g/mol. The van der Waals surface area contributed by atoms with Crippen molar-refractivity contribution in [3.8, 4) is 5.75 Å². The Kier molecular flexibility index (Phi) is 4.80. The Morgan fingerprint density at radius 2 is 1.95 bits per heavy atom. The smallest absolute Gasteiger partial charge is 0.357 e. The third-order valence-electron chi connectivity index (χ3n) is 3.07. The Morgan fingerprint density at radius 1 is 1.29 bits per heavy atom. The fourth-order valence-electron chi connectivity index (χ4n) is 1.90. The van der Waals surface area contributed by atoms with Crippen LogP contribution < -0.4 is 9.64 Å². The number of aromatic nitrogens is 1. The van der Waals surface area contributed by atoms with Gasteiger partial charge in [0, 0.05) is 18.5 Å². The highest BCUT2D eigenvalue weighted by atomic mass is 32.1. The molecular formula is C15H18N2O3S. The van der Waals surface area contributed by atoms with Crippen LogP contribution in [0.4, 0.5) is 5.13 Å². The second-order valence-corrected chi connectivity index (χ2v) is 5.78. The minimum absolute atomic E-state index is 0.388. The van der Waals surface area contributed by atoms with E-state index in [9.17, 15) is 4.79 Å². The van der Waals surface area contributed by atoms with Crippen molar-refractivity contribution in [2.45, 2.75) is 13.5 Å². The molecule has 0 aliphatic rings. The van der Waals surface area contributed by atoms with E-state index in [1.165, 1.54) is 18.4 Å². The minimum atomic E-state index is -0.396. The van der Waals surface area contributed by atoms with Gasteiger partial charge in [0.1, 0.15) is 5.75 Å². The highest BCUT2D eigenvalue weighted by molar-refractivity contribution is 7.15. The lowest BCUT2D eigenvalue weighted by atomic mass is 10.2. The first-order chi connectivity index (χ1) is 10.0. The number of carbonyl (C=O) groups is 1. The van der Waals surface area contributed by atoms with Crippen molar-refractivity contribution in [3.63, 3.8) is 0 Å². The molecule has 112 valence electrons. The number of hydrogen-bond acceptors (Lipinski definition) is 6. The van der Waals surface area contributed by atoms with Crippen LogP contribution in [0, 0.1) is 6.92 Å². The topological polar surface area (TPSA) is 51.7 Å². The number of carbonyl (C=O) groups excluding carboxylic acids is 1. The summed E-state index contributed by atoms with van der Waals surface area (Å²) in [5, 5.41) is 0.795. The SMILES string of the molecule is COC(=O)c1nc(N(C)Cc2ccc(OC)cc2)sc1C. The van der Waals surface area contributed by atoms with Crippen LogP contribution >= 0.6 is 11.3 Å². The number of hydrogen-bond donors (Lipinski definition) is 0.